The predicted octanol–water partition coefficient (Wildman–Crippen LogP) is 2.72. The second kappa shape index (κ2) is 6.61. The van der Waals surface area contributed by atoms with Crippen molar-refractivity contribution in [3.8, 4) is 5.75 Å². The van der Waals surface area contributed by atoms with Gasteiger partial charge in [-0.25, -0.2) is 0 Å². The van der Waals surface area contributed by atoms with Crippen LogP contribution in [0.4, 0.5) is 5.69 Å². The summed E-state index contributed by atoms with van der Waals surface area (Å²) in [5.74, 6) is 0.359. The molecule has 0 saturated heterocycles. The highest BCUT2D eigenvalue weighted by Gasteiger charge is 2.17. The Bertz CT molecular complexity index is 552. The van der Waals surface area contributed by atoms with E-state index in [4.69, 9.17) is 10.5 Å². The Hall–Kier alpha value is -2.49. The molecule has 0 bridgehead atoms. The first-order valence-corrected chi connectivity index (χ1v) is 6.54. The van der Waals surface area contributed by atoms with Crippen LogP contribution < -0.4 is 15.8 Å². The lowest BCUT2D eigenvalue weighted by molar-refractivity contribution is -0.118. The Labute approximate surface area is 118 Å². The molecular weight excluding hydrogens is 252 g/mol. The lowest BCUT2D eigenvalue weighted by atomic mass is 10.1. The molecule has 1 amide bonds. The van der Waals surface area contributed by atoms with Gasteiger partial charge in [-0.15, -0.1) is 0 Å². The van der Waals surface area contributed by atoms with Gasteiger partial charge in [-0.05, 0) is 36.8 Å². The first kappa shape index (κ1) is 13.9. The monoisotopic (exact) mass is 270 g/mol. The summed E-state index contributed by atoms with van der Waals surface area (Å²) in [6, 6.07) is 16.3. The molecule has 104 valence electrons. The Kier molecular flexibility index (Phi) is 4.60. The molecule has 0 heterocycles. The van der Waals surface area contributed by atoms with Crippen molar-refractivity contribution in [1.29, 1.82) is 0 Å². The van der Waals surface area contributed by atoms with Crippen molar-refractivity contribution in [2.24, 2.45) is 5.73 Å². The standard InChI is InChI=1S/C16H18N2O2/c1-2-20-14-10-8-12(9-11-14)15(16(17)19)18-13-6-4-3-5-7-13/h3-11,15,18H,2H2,1H3,(H2,17,19). The highest BCUT2D eigenvalue weighted by Crippen LogP contribution is 2.21. The largest absolute Gasteiger partial charge is 0.494 e. The highest BCUT2D eigenvalue weighted by atomic mass is 16.5. The Morgan fingerprint density at radius 1 is 1.15 bits per heavy atom. The van der Waals surface area contributed by atoms with E-state index in [1.807, 2.05) is 61.5 Å². The van der Waals surface area contributed by atoms with Gasteiger partial charge in [0.2, 0.25) is 5.91 Å². The van der Waals surface area contributed by atoms with Crippen LogP contribution in [0.2, 0.25) is 0 Å². The lowest BCUT2D eigenvalue weighted by Gasteiger charge is -2.17. The van der Waals surface area contributed by atoms with E-state index < -0.39 is 11.9 Å². The molecular formula is C16H18N2O2. The quantitative estimate of drug-likeness (QED) is 0.848. The van der Waals surface area contributed by atoms with Gasteiger partial charge in [0.25, 0.3) is 0 Å². The van der Waals surface area contributed by atoms with E-state index in [1.54, 1.807) is 0 Å². The average molecular weight is 270 g/mol. The molecule has 3 N–H and O–H groups in total. The second-order valence-electron chi connectivity index (χ2n) is 4.35. The first-order chi connectivity index (χ1) is 9.70. The number of para-hydroxylation sites is 1. The summed E-state index contributed by atoms with van der Waals surface area (Å²) >= 11 is 0. The van der Waals surface area contributed by atoms with Crippen LogP contribution in [-0.2, 0) is 4.79 Å². The summed E-state index contributed by atoms with van der Waals surface area (Å²) in [5, 5.41) is 3.13. The van der Waals surface area contributed by atoms with Crippen molar-refractivity contribution in [2.45, 2.75) is 13.0 Å². The number of nitrogens with one attached hydrogen (secondary N) is 1. The third kappa shape index (κ3) is 3.51. The van der Waals surface area contributed by atoms with Gasteiger partial charge in [0.1, 0.15) is 11.8 Å². The van der Waals surface area contributed by atoms with Crippen LogP contribution in [-0.4, -0.2) is 12.5 Å². The lowest BCUT2D eigenvalue weighted by Crippen LogP contribution is -2.27. The van der Waals surface area contributed by atoms with E-state index in [2.05, 4.69) is 5.32 Å². The SMILES string of the molecule is CCOc1ccc(C(Nc2ccccc2)C(N)=O)cc1. The molecule has 4 nitrogen and oxygen atoms in total. The van der Waals surface area contributed by atoms with E-state index in [1.165, 1.54) is 0 Å². The van der Waals surface area contributed by atoms with Gasteiger partial charge in [-0.3, -0.25) is 4.79 Å². The molecule has 0 spiro atoms. The van der Waals surface area contributed by atoms with Crippen LogP contribution in [0, 0.1) is 0 Å². The van der Waals surface area contributed by atoms with E-state index in [0.29, 0.717) is 6.61 Å². The number of hydrogen-bond donors (Lipinski definition) is 2. The third-order valence-electron chi connectivity index (χ3n) is 2.89. The molecule has 1 atom stereocenters. The molecule has 0 aliphatic rings. The van der Waals surface area contributed by atoms with Crippen LogP contribution in [0.5, 0.6) is 5.75 Å². The van der Waals surface area contributed by atoms with E-state index in [0.717, 1.165) is 17.0 Å². The van der Waals surface area contributed by atoms with Crippen LogP contribution >= 0.6 is 0 Å². The van der Waals surface area contributed by atoms with Crippen molar-refractivity contribution in [2.75, 3.05) is 11.9 Å². The van der Waals surface area contributed by atoms with Crippen LogP contribution in [0.15, 0.2) is 54.6 Å². The molecule has 2 aromatic rings. The van der Waals surface area contributed by atoms with Gasteiger partial charge in [-0.1, -0.05) is 30.3 Å². The number of ether oxygens (including phenoxy) is 1. The maximum absolute atomic E-state index is 11.6. The van der Waals surface area contributed by atoms with Crippen molar-refractivity contribution in [3.63, 3.8) is 0 Å². The Morgan fingerprint density at radius 3 is 2.35 bits per heavy atom. The average Bonchev–Trinajstić information content (AvgIpc) is 2.47. The summed E-state index contributed by atoms with van der Waals surface area (Å²) in [6.45, 7) is 2.54. The molecule has 0 aromatic heterocycles. The van der Waals surface area contributed by atoms with Gasteiger partial charge in [0, 0.05) is 5.69 Å². The number of amides is 1. The number of benzene rings is 2. The Balaban J connectivity index is 2.18. The van der Waals surface area contributed by atoms with Crippen molar-refractivity contribution >= 4 is 11.6 Å². The Morgan fingerprint density at radius 2 is 1.80 bits per heavy atom. The minimum Gasteiger partial charge on any atom is -0.494 e. The number of nitrogens with two attached hydrogens (primary N) is 1. The fraction of sp³-hybridized carbons (Fsp3) is 0.188. The predicted molar refractivity (Wildman–Crippen MR) is 79.6 cm³/mol. The molecule has 0 radical (unpaired) electrons. The zero-order valence-electron chi connectivity index (χ0n) is 11.4. The molecule has 2 aromatic carbocycles. The first-order valence-electron chi connectivity index (χ1n) is 6.54. The molecule has 1 unspecified atom stereocenters. The normalized spacial score (nSPS) is 11.7. The van der Waals surface area contributed by atoms with E-state index in [-0.39, 0.29) is 0 Å². The summed E-state index contributed by atoms with van der Waals surface area (Å²) in [6.07, 6.45) is 0. The maximum atomic E-state index is 11.6. The molecule has 20 heavy (non-hydrogen) atoms. The van der Waals surface area contributed by atoms with Crippen LogP contribution in [0.25, 0.3) is 0 Å². The van der Waals surface area contributed by atoms with Gasteiger partial charge in [-0.2, -0.15) is 0 Å². The number of carbonyl (C=O) groups excluding carboxylic acids is 1. The number of carbonyl (C=O) groups is 1. The minimum absolute atomic E-state index is 0.419. The molecule has 4 heteroatoms. The summed E-state index contributed by atoms with van der Waals surface area (Å²) in [4.78, 5) is 11.6. The number of primary amides is 1. The van der Waals surface area contributed by atoms with Gasteiger partial charge >= 0.3 is 0 Å². The zero-order valence-corrected chi connectivity index (χ0v) is 11.4. The second-order valence-corrected chi connectivity index (χ2v) is 4.35. The molecule has 0 fully saturated rings. The van der Waals surface area contributed by atoms with E-state index >= 15 is 0 Å². The fourth-order valence-electron chi connectivity index (χ4n) is 1.94. The summed E-state index contributed by atoms with van der Waals surface area (Å²) in [7, 11) is 0. The summed E-state index contributed by atoms with van der Waals surface area (Å²) in [5.41, 5.74) is 7.14. The highest BCUT2D eigenvalue weighted by molar-refractivity contribution is 5.84. The van der Waals surface area contributed by atoms with Crippen molar-refractivity contribution in [3.05, 3.63) is 60.2 Å². The van der Waals surface area contributed by atoms with Crippen LogP contribution in [0.3, 0.4) is 0 Å². The summed E-state index contributed by atoms with van der Waals surface area (Å²) < 4.78 is 5.38. The zero-order chi connectivity index (χ0) is 14.4. The maximum Gasteiger partial charge on any atom is 0.244 e. The number of anilines is 1. The van der Waals surface area contributed by atoms with E-state index in [9.17, 15) is 4.79 Å². The van der Waals surface area contributed by atoms with Crippen molar-refractivity contribution < 1.29 is 9.53 Å². The minimum atomic E-state index is -0.562. The number of rotatable bonds is 6. The van der Waals surface area contributed by atoms with Crippen molar-refractivity contribution in [1.82, 2.24) is 0 Å². The molecule has 0 aliphatic carbocycles. The molecule has 0 aliphatic heterocycles. The van der Waals surface area contributed by atoms with Gasteiger partial charge in [0.15, 0.2) is 0 Å². The molecule has 0 saturated carbocycles. The van der Waals surface area contributed by atoms with Gasteiger partial charge < -0.3 is 15.8 Å². The fourth-order valence-corrected chi connectivity index (χ4v) is 1.94. The smallest absolute Gasteiger partial charge is 0.244 e. The van der Waals surface area contributed by atoms with Crippen LogP contribution in [0.1, 0.15) is 18.5 Å². The third-order valence-corrected chi connectivity index (χ3v) is 2.89. The topological polar surface area (TPSA) is 64.3 Å². The molecule has 2 rings (SSSR count). The van der Waals surface area contributed by atoms with Gasteiger partial charge in [0.05, 0.1) is 6.61 Å². The number of hydrogen-bond acceptors (Lipinski definition) is 3.